The Morgan fingerprint density at radius 3 is 2.80 bits per heavy atom. The average molecular weight is 346 g/mol. The third kappa shape index (κ3) is 3.60. The molecule has 0 bridgehead atoms. The number of likely N-dealkylation sites (tertiary alicyclic amines) is 1. The lowest BCUT2D eigenvalue weighted by Gasteiger charge is -2.30. The third-order valence-corrected chi connectivity index (χ3v) is 5.30. The van der Waals surface area contributed by atoms with Crippen LogP contribution in [0.3, 0.4) is 0 Å². The van der Waals surface area contributed by atoms with Crippen LogP contribution in [0.5, 0.6) is 11.5 Å². The molecule has 1 atom stereocenters. The Bertz CT molecular complexity index is 615. The molecular weight excluding hydrogens is 320 g/mol. The monoisotopic (exact) mass is 346 g/mol. The molecule has 0 radical (unpaired) electrons. The van der Waals surface area contributed by atoms with Gasteiger partial charge in [-0.05, 0) is 25.5 Å². The Hall–Kier alpha value is -1.79. The molecule has 0 aromatic heterocycles. The number of carbonyl (C=O) groups is 1. The van der Waals surface area contributed by atoms with Gasteiger partial charge in [-0.15, -0.1) is 0 Å². The van der Waals surface area contributed by atoms with E-state index in [1.165, 1.54) is 5.56 Å². The van der Waals surface area contributed by atoms with Crippen molar-refractivity contribution in [2.24, 2.45) is 0 Å². The van der Waals surface area contributed by atoms with Crippen LogP contribution in [-0.2, 0) is 9.53 Å². The van der Waals surface area contributed by atoms with Crippen LogP contribution in [0.25, 0.3) is 0 Å². The van der Waals surface area contributed by atoms with Crippen molar-refractivity contribution in [2.45, 2.75) is 25.3 Å². The lowest BCUT2D eigenvalue weighted by molar-refractivity contribution is -0.135. The van der Waals surface area contributed by atoms with Crippen LogP contribution in [0.15, 0.2) is 18.2 Å². The van der Waals surface area contributed by atoms with Crippen LogP contribution in [0, 0.1) is 0 Å². The first-order chi connectivity index (χ1) is 12.3. The Labute approximate surface area is 148 Å². The van der Waals surface area contributed by atoms with Crippen LogP contribution >= 0.6 is 0 Å². The Balaban J connectivity index is 1.42. The fourth-order valence-electron chi connectivity index (χ4n) is 4.01. The molecule has 0 aliphatic carbocycles. The van der Waals surface area contributed by atoms with Gasteiger partial charge < -0.3 is 19.1 Å². The van der Waals surface area contributed by atoms with Crippen molar-refractivity contribution in [3.63, 3.8) is 0 Å². The van der Waals surface area contributed by atoms with Crippen LogP contribution in [-0.4, -0.2) is 68.3 Å². The minimum Gasteiger partial charge on any atom is -0.486 e. The number of morpholine rings is 1. The van der Waals surface area contributed by atoms with Gasteiger partial charge in [-0.1, -0.05) is 12.1 Å². The summed E-state index contributed by atoms with van der Waals surface area (Å²) in [7, 11) is 0. The first-order valence-corrected chi connectivity index (χ1v) is 9.31. The van der Waals surface area contributed by atoms with Gasteiger partial charge >= 0.3 is 0 Å². The molecule has 3 aliphatic rings. The molecular formula is C19H26N2O4. The molecule has 1 amide bonds. The van der Waals surface area contributed by atoms with E-state index in [0.29, 0.717) is 38.9 Å². The Morgan fingerprint density at radius 1 is 1.08 bits per heavy atom. The number of para-hydroxylation sites is 1. The highest BCUT2D eigenvalue weighted by Gasteiger charge is 2.31. The molecule has 1 aromatic rings. The molecule has 6 heteroatoms. The van der Waals surface area contributed by atoms with Gasteiger partial charge in [-0.25, -0.2) is 0 Å². The van der Waals surface area contributed by atoms with Gasteiger partial charge in [0, 0.05) is 37.7 Å². The molecule has 1 aromatic carbocycles. The minimum absolute atomic E-state index is 0.239. The number of carbonyl (C=O) groups excluding carboxylic acids is 1. The highest BCUT2D eigenvalue weighted by atomic mass is 16.6. The number of nitrogens with zero attached hydrogens (tertiary/aromatic N) is 2. The molecule has 0 saturated carbocycles. The molecule has 2 saturated heterocycles. The quantitative estimate of drug-likeness (QED) is 0.833. The second-order valence-corrected chi connectivity index (χ2v) is 6.81. The number of benzene rings is 1. The second kappa shape index (κ2) is 7.62. The van der Waals surface area contributed by atoms with Gasteiger partial charge in [0.05, 0.1) is 13.2 Å². The fourth-order valence-corrected chi connectivity index (χ4v) is 4.01. The third-order valence-electron chi connectivity index (χ3n) is 5.30. The van der Waals surface area contributed by atoms with E-state index < -0.39 is 0 Å². The maximum absolute atomic E-state index is 12.4. The molecule has 25 heavy (non-hydrogen) atoms. The Kier molecular flexibility index (Phi) is 5.08. The summed E-state index contributed by atoms with van der Waals surface area (Å²) >= 11 is 0. The number of rotatable bonds is 4. The maximum Gasteiger partial charge on any atom is 0.224 e. The summed E-state index contributed by atoms with van der Waals surface area (Å²) in [5.74, 6) is 1.98. The predicted octanol–water partition coefficient (Wildman–Crippen LogP) is 1.84. The number of amides is 1. The predicted molar refractivity (Wildman–Crippen MR) is 93.0 cm³/mol. The van der Waals surface area contributed by atoms with Crippen LogP contribution in [0.4, 0.5) is 0 Å². The average Bonchev–Trinajstić information content (AvgIpc) is 3.14. The second-order valence-electron chi connectivity index (χ2n) is 6.81. The zero-order valence-corrected chi connectivity index (χ0v) is 14.6. The van der Waals surface area contributed by atoms with E-state index in [-0.39, 0.29) is 5.91 Å². The highest BCUT2D eigenvalue weighted by molar-refractivity contribution is 5.76. The Morgan fingerprint density at radius 2 is 1.92 bits per heavy atom. The summed E-state index contributed by atoms with van der Waals surface area (Å²) in [5, 5.41) is 0. The number of ether oxygens (including phenoxy) is 3. The molecule has 136 valence electrons. The summed E-state index contributed by atoms with van der Waals surface area (Å²) in [6.45, 7) is 5.80. The van der Waals surface area contributed by atoms with E-state index in [1.807, 2.05) is 17.0 Å². The zero-order valence-electron chi connectivity index (χ0n) is 14.6. The van der Waals surface area contributed by atoms with Crippen molar-refractivity contribution in [3.8, 4) is 11.5 Å². The highest BCUT2D eigenvalue weighted by Crippen LogP contribution is 2.42. The van der Waals surface area contributed by atoms with Crippen LogP contribution in [0.2, 0.25) is 0 Å². The van der Waals surface area contributed by atoms with Gasteiger partial charge in [-0.2, -0.15) is 0 Å². The number of hydrogen-bond donors (Lipinski definition) is 0. The summed E-state index contributed by atoms with van der Waals surface area (Å²) in [6.07, 6.45) is 2.83. The van der Waals surface area contributed by atoms with Crippen LogP contribution < -0.4 is 9.47 Å². The lowest BCUT2D eigenvalue weighted by atomic mass is 10.0. The van der Waals surface area contributed by atoms with Gasteiger partial charge in [0.2, 0.25) is 5.91 Å². The molecule has 2 fully saturated rings. The molecule has 0 spiro atoms. The first kappa shape index (κ1) is 16.7. The van der Waals surface area contributed by atoms with Crippen molar-refractivity contribution in [3.05, 3.63) is 23.8 Å². The summed E-state index contributed by atoms with van der Waals surface area (Å²) < 4.78 is 16.9. The van der Waals surface area contributed by atoms with Crippen molar-refractivity contribution in [1.29, 1.82) is 0 Å². The van der Waals surface area contributed by atoms with Crippen molar-refractivity contribution in [1.82, 2.24) is 9.80 Å². The van der Waals surface area contributed by atoms with E-state index >= 15 is 0 Å². The molecule has 3 heterocycles. The van der Waals surface area contributed by atoms with E-state index in [1.54, 1.807) is 0 Å². The normalized spacial score (nSPS) is 23.7. The largest absolute Gasteiger partial charge is 0.486 e. The van der Waals surface area contributed by atoms with E-state index in [0.717, 1.165) is 50.5 Å². The van der Waals surface area contributed by atoms with Gasteiger partial charge in [0.25, 0.3) is 0 Å². The molecule has 1 unspecified atom stereocenters. The zero-order chi connectivity index (χ0) is 17.1. The maximum atomic E-state index is 12.4. The van der Waals surface area contributed by atoms with E-state index in [2.05, 4.69) is 11.0 Å². The molecule has 0 N–H and O–H groups in total. The minimum atomic E-state index is 0.239. The van der Waals surface area contributed by atoms with Crippen molar-refractivity contribution < 1.29 is 19.0 Å². The number of hydrogen-bond acceptors (Lipinski definition) is 5. The van der Waals surface area contributed by atoms with E-state index in [4.69, 9.17) is 14.2 Å². The van der Waals surface area contributed by atoms with Crippen LogP contribution in [0.1, 0.15) is 30.9 Å². The smallest absolute Gasteiger partial charge is 0.224 e. The van der Waals surface area contributed by atoms with Gasteiger partial charge in [0.1, 0.15) is 13.2 Å². The summed E-state index contributed by atoms with van der Waals surface area (Å²) in [5.41, 5.74) is 1.20. The summed E-state index contributed by atoms with van der Waals surface area (Å²) in [6, 6.07) is 6.46. The standard InChI is InChI=1S/C19H26N2O4/c22-18(21-9-11-23-12-10-21)6-8-20-7-2-4-16(20)15-3-1-5-17-19(15)25-14-13-24-17/h1,3,5,16H,2,4,6-14H2. The summed E-state index contributed by atoms with van der Waals surface area (Å²) in [4.78, 5) is 16.8. The van der Waals surface area contributed by atoms with Gasteiger partial charge in [-0.3, -0.25) is 9.69 Å². The molecule has 3 aliphatic heterocycles. The lowest BCUT2D eigenvalue weighted by Crippen LogP contribution is -2.42. The molecule has 4 rings (SSSR count). The molecule has 6 nitrogen and oxygen atoms in total. The van der Waals surface area contributed by atoms with Gasteiger partial charge in [0.15, 0.2) is 11.5 Å². The van der Waals surface area contributed by atoms with Crippen molar-refractivity contribution in [2.75, 3.05) is 52.6 Å². The first-order valence-electron chi connectivity index (χ1n) is 9.31. The topological polar surface area (TPSA) is 51.2 Å². The number of fused-ring (bicyclic) bond motifs is 1. The van der Waals surface area contributed by atoms with Crippen molar-refractivity contribution >= 4 is 5.91 Å². The SMILES string of the molecule is O=C(CCN1CCCC1c1cccc2c1OCCO2)N1CCOCC1. The van der Waals surface area contributed by atoms with E-state index in [9.17, 15) is 4.79 Å². The fraction of sp³-hybridized carbons (Fsp3) is 0.632.